The summed E-state index contributed by atoms with van der Waals surface area (Å²) in [6, 6.07) is 13.9. The Morgan fingerprint density at radius 2 is 1.65 bits per heavy atom. The van der Waals surface area contributed by atoms with E-state index >= 15 is 0 Å². The van der Waals surface area contributed by atoms with Crippen molar-refractivity contribution in [2.45, 2.75) is 24.3 Å². The molecular weight excluding hydrogens is 338 g/mol. The van der Waals surface area contributed by atoms with E-state index in [4.69, 9.17) is 0 Å². The van der Waals surface area contributed by atoms with Crippen LogP contribution < -0.4 is 4.72 Å². The van der Waals surface area contributed by atoms with Gasteiger partial charge in [0.05, 0.1) is 4.90 Å². The Kier molecular flexibility index (Phi) is 6.75. The highest BCUT2D eigenvalue weighted by atomic mass is 35.5. The van der Waals surface area contributed by atoms with Gasteiger partial charge < -0.3 is 5.11 Å². The summed E-state index contributed by atoms with van der Waals surface area (Å²) in [5.41, 5.74) is 1.68. The molecule has 0 amide bonds. The van der Waals surface area contributed by atoms with Crippen LogP contribution in [-0.2, 0) is 21.2 Å². The van der Waals surface area contributed by atoms with Gasteiger partial charge >= 0.3 is 5.97 Å². The van der Waals surface area contributed by atoms with Crippen molar-refractivity contribution in [1.82, 2.24) is 4.72 Å². The zero-order valence-electron chi connectivity index (χ0n) is 12.5. The Balaban J connectivity index is 0.00000264. The van der Waals surface area contributed by atoms with Crippen molar-refractivity contribution >= 4 is 28.4 Å². The van der Waals surface area contributed by atoms with E-state index in [1.54, 1.807) is 36.4 Å². The van der Waals surface area contributed by atoms with Crippen molar-refractivity contribution in [3.05, 3.63) is 65.7 Å². The number of rotatable bonds is 6. The van der Waals surface area contributed by atoms with E-state index in [2.05, 4.69) is 4.72 Å². The number of carboxylic acids is 1. The predicted octanol–water partition coefficient (Wildman–Crippen LogP) is 2.39. The smallest absolute Gasteiger partial charge is 0.322 e. The molecule has 0 saturated heterocycles. The summed E-state index contributed by atoms with van der Waals surface area (Å²) in [6.07, 6.45) is 0.0846. The Bertz CT molecular complexity index is 745. The minimum Gasteiger partial charge on any atom is -0.480 e. The van der Waals surface area contributed by atoms with Crippen LogP contribution in [-0.4, -0.2) is 25.5 Å². The third-order valence-electron chi connectivity index (χ3n) is 3.21. The first-order valence-corrected chi connectivity index (χ1v) is 8.22. The lowest BCUT2D eigenvalue weighted by Gasteiger charge is -2.15. The van der Waals surface area contributed by atoms with Gasteiger partial charge in [-0.25, -0.2) is 8.42 Å². The number of aliphatic carboxylic acids is 1. The minimum atomic E-state index is -3.87. The maximum atomic E-state index is 12.3. The van der Waals surface area contributed by atoms with Gasteiger partial charge in [0.1, 0.15) is 6.04 Å². The zero-order valence-corrected chi connectivity index (χ0v) is 14.1. The van der Waals surface area contributed by atoms with Gasteiger partial charge in [-0.15, -0.1) is 12.4 Å². The third-order valence-corrected chi connectivity index (χ3v) is 4.70. The van der Waals surface area contributed by atoms with Crippen molar-refractivity contribution in [1.29, 1.82) is 0 Å². The van der Waals surface area contributed by atoms with E-state index in [9.17, 15) is 18.3 Å². The topological polar surface area (TPSA) is 83.5 Å². The fraction of sp³-hybridized carbons (Fsp3) is 0.188. The van der Waals surface area contributed by atoms with E-state index in [-0.39, 0.29) is 23.7 Å². The van der Waals surface area contributed by atoms with Crippen molar-refractivity contribution in [3.8, 4) is 0 Å². The van der Waals surface area contributed by atoms with Gasteiger partial charge in [-0.1, -0.05) is 48.0 Å². The summed E-state index contributed by atoms with van der Waals surface area (Å²) < 4.78 is 26.8. The number of aryl methyl sites for hydroxylation is 1. The molecule has 1 atom stereocenters. The molecule has 0 aliphatic heterocycles. The number of benzene rings is 2. The molecule has 2 aromatic carbocycles. The molecule has 23 heavy (non-hydrogen) atoms. The summed E-state index contributed by atoms with van der Waals surface area (Å²) in [5, 5.41) is 9.26. The van der Waals surface area contributed by atoms with Crippen LogP contribution in [0.2, 0.25) is 0 Å². The highest BCUT2D eigenvalue weighted by molar-refractivity contribution is 7.89. The zero-order chi connectivity index (χ0) is 16.2. The average molecular weight is 356 g/mol. The highest BCUT2D eigenvalue weighted by Crippen LogP contribution is 2.12. The first-order valence-electron chi connectivity index (χ1n) is 6.74. The predicted molar refractivity (Wildman–Crippen MR) is 90.3 cm³/mol. The standard InChI is InChI=1S/C16H17NO4S.ClH/c1-12-7-9-14(10-8-12)22(20,21)17-15(16(18)19)11-13-5-3-2-4-6-13;/h2-10,15,17H,11H2,1H3,(H,18,19);1H/t15-;/m0./s1. The average Bonchev–Trinajstić information content (AvgIpc) is 2.48. The fourth-order valence-corrected chi connectivity index (χ4v) is 3.19. The van der Waals surface area contributed by atoms with Crippen LogP contribution in [0.25, 0.3) is 0 Å². The molecule has 2 aromatic rings. The number of carboxylic acid groups (broad SMARTS) is 1. The molecule has 2 rings (SSSR count). The summed E-state index contributed by atoms with van der Waals surface area (Å²) >= 11 is 0. The summed E-state index contributed by atoms with van der Waals surface area (Å²) in [6.45, 7) is 1.85. The second-order valence-electron chi connectivity index (χ2n) is 5.01. The molecule has 5 nitrogen and oxygen atoms in total. The monoisotopic (exact) mass is 355 g/mol. The Labute approximate surface area is 141 Å². The SMILES string of the molecule is Cc1ccc(S(=O)(=O)N[C@@H](Cc2ccccc2)C(=O)O)cc1.Cl. The maximum absolute atomic E-state index is 12.3. The lowest BCUT2D eigenvalue weighted by atomic mass is 10.1. The normalized spacial score (nSPS) is 12.2. The third kappa shape index (κ3) is 5.35. The van der Waals surface area contributed by atoms with Crippen LogP contribution in [0, 0.1) is 6.92 Å². The molecule has 0 aliphatic rings. The van der Waals surface area contributed by atoms with Gasteiger partial charge in [-0.3, -0.25) is 4.79 Å². The molecule has 0 unspecified atom stereocenters. The van der Waals surface area contributed by atoms with Crippen molar-refractivity contribution in [2.75, 3.05) is 0 Å². The molecule has 0 heterocycles. The first kappa shape index (κ1) is 19.2. The van der Waals surface area contributed by atoms with Crippen molar-refractivity contribution < 1.29 is 18.3 Å². The quantitative estimate of drug-likeness (QED) is 0.833. The summed E-state index contributed by atoms with van der Waals surface area (Å²) in [5.74, 6) is -1.21. The molecule has 0 bridgehead atoms. The maximum Gasteiger partial charge on any atom is 0.322 e. The van der Waals surface area contributed by atoms with E-state index in [0.29, 0.717) is 0 Å². The summed E-state index contributed by atoms with van der Waals surface area (Å²) in [7, 11) is -3.87. The molecule has 0 aliphatic carbocycles. The van der Waals surface area contributed by atoms with Gasteiger partial charge in [-0.2, -0.15) is 4.72 Å². The van der Waals surface area contributed by atoms with Crippen LogP contribution >= 0.6 is 12.4 Å². The number of hydrogen-bond donors (Lipinski definition) is 2. The van der Waals surface area contributed by atoms with E-state index in [1.165, 1.54) is 12.1 Å². The van der Waals surface area contributed by atoms with Crippen LogP contribution in [0.4, 0.5) is 0 Å². The molecule has 0 aromatic heterocycles. The van der Waals surface area contributed by atoms with Crippen LogP contribution in [0.1, 0.15) is 11.1 Å². The largest absolute Gasteiger partial charge is 0.480 e. The van der Waals surface area contributed by atoms with E-state index in [0.717, 1.165) is 11.1 Å². The van der Waals surface area contributed by atoms with E-state index < -0.39 is 22.0 Å². The minimum absolute atomic E-state index is 0. The fourth-order valence-electron chi connectivity index (χ4n) is 2.00. The number of sulfonamides is 1. The second-order valence-corrected chi connectivity index (χ2v) is 6.73. The lowest BCUT2D eigenvalue weighted by Crippen LogP contribution is -2.42. The molecule has 0 saturated carbocycles. The number of carbonyl (C=O) groups is 1. The molecule has 0 spiro atoms. The molecular formula is C16H18ClNO4S. The number of halogens is 1. The van der Waals surface area contributed by atoms with Gasteiger partial charge in [-0.05, 0) is 31.0 Å². The van der Waals surface area contributed by atoms with Crippen molar-refractivity contribution in [3.63, 3.8) is 0 Å². The molecule has 0 radical (unpaired) electrons. The number of hydrogen-bond acceptors (Lipinski definition) is 3. The van der Waals surface area contributed by atoms with E-state index in [1.807, 2.05) is 13.0 Å². The summed E-state index contributed by atoms with van der Waals surface area (Å²) in [4.78, 5) is 11.4. The first-order chi connectivity index (χ1) is 10.4. The number of nitrogens with one attached hydrogen (secondary N) is 1. The Hall–Kier alpha value is -1.89. The molecule has 0 fully saturated rings. The van der Waals surface area contributed by atoms with Crippen LogP contribution in [0.15, 0.2) is 59.5 Å². The van der Waals surface area contributed by atoms with Gasteiger partial charge in [0.25, 0.3) is 0 Å². The second kappa shape index (κ2) is 8.10. The Morgan fingerprint density at radius 3 is 2.17 bits per heavy atom. The van der Waals surface area contributed by atoms with Gasteiger partial charge in [0, 0.05) is 0 Å². The van der Waals surface area contributed by atoms with Crippen LogP contribution in [0.3, 0.4) is 0 Å². The van der Waals surface area contributed by atoms with Gasteiger partial charge in [0.15, 0.2) is 0 Å². The van der Waals surface area contributed by atoms with Gasteiger partial charge in [0.2, 0.25) is 10.0 Å². The van der Waals surface area contributed by atoms with Crippen LogP contribution in [0.5, 0.6) is 0 Å². The highest BCUT2D eigenvalue weighted by Gasteiger charge is 2.25. The Morgan fingerprint density at radius 1 is 1.09 bits per heavy atom. The lowest BCUT2D eigenvalue weighted by molar-refractivity contribution is -0.138. The molecule has 2 N–H and O–H groups in total. The molecule has 7 heteroatoms. The molecule has 124 valence electrons. The van der Waals surface area contributed by atoms with Crippen molar-refractivity contribution in [2.24, 2.45) is 0 Å².